The number of benzene rings is 3. The van der Waals surface area contributed by atoms with Gasteiger partial charge in [0.1, 0.15) is 6.04 Å². The lowest BCUT2D eigenvalue weighted by Gasteiger charge is -2.32. The van der Waals surface area contributed by atoms with E-state index in [2.05, 4.69) is 36.5 Å². The zero-order valence-electron chi connectivity index (χ0n) is 19.6. The minimum absolute atomic E-state index is 0.125. The van der Waals surface area contributed by atoms with Crippen molar-refractivity contribution < 1.29 is 9.59 Å². The number of likely N-dealkylation sites (N-methyl/N-ethyl adjacent to an activating group) is 1. The molecule has 0 aliphatic rings. The maximum atomic E-state index is 13.6. The van der Waals surface area contributed by atoms with Crippen molar-refractivity contribution in [2.24, 2.45) is 0 Å². The van der Waals surface area contributed by atoms with Crippen molar-refractivity contribution in [3.63, 3.8) is 0 Å². The first-order valence-electron chi connectivity index (χ1n) is 11.5. The molecule has 1 unspecified atom stereocenters. The molecule has 3 aromatic carbocycles. The van der Waals surface area contributed by atoms with Crippen molar-refractivity contribution in [3.05, 3.63) is 105 Å². The Morgan fingerprint density at radius 2 is 1.47 bits per heavy atom. The lowest BCUT2D eigenvalue weighted by Crippen LogP contribution is -2.49. The van der Waals surface area contributed by atoms with Crippen molar-refractivity contribution >= 4 is 35.0 Å². The van der Waals surface area contributed by atoms with Gasteiger partial charge in [-0.3, -0.25) is 9.59 Å². The monoisotopic (exact) mass is 496 g/mol. The summed E-state index contributed by atoms with van der Waals surface area (Å²) >= 11 is 12.9. The van der Waals surface area contributed by atoms with Crippen LogP contribution in [0.1, 0.15) is 35.6 Å². The van der Waals surface area contributed by atoms with Crippen LogP contribution >= 0.6 is 23.2 Å². The average molecular weight is 497 g/mol. The van der Waals surface area contributed by atoms with Crippen LogP contribution in [0.15, 0.2) is 72.8 Å². The first-order chi connectivity index (χ1) is 16.4. The highest BCUT2D eigenvalue weighted by molar-refractivity contribution is 6.36. The van der Waals surface area contributed by atoms with Gasteiger partial charge < -0.3 is 10.2 Å². The molecule has 0 aliphatic carbocycles. The van der Waals surface area contributed by atoms with Gasteiger partial charge in [0.15, 0.2) is 0 Å². The third kappa shape index (κ3) is 6.85. The second-order valence-electron chi connectivity index (χ2n) is 8.21. The number of amides is 2. The van der Waals surface area contributed by atoms with Gasteiger partial charge in [0.2, 0.25) is 11.8 Å². The lowest BCUT2D eigenvalue weighted by atomic mass is 10.0. The second-order valence-corrected chi connectivity index (χ2v) is 9.03. The molecule has 0 saturated heterocycles. The first-order valence-corrected chi connectivity index (χ1v) is 12.2. The molecule has 0 bridgehead atoms. The fourth-order valence-electron chi connectivity index (χ4n) is 3.91. The van der Waals surface area contributed by atoms with Crippen LogP contribution in [-0.4, -0.2) is 29.8 Å². The van der Waals surface area contributed by atoms with Gasteiger partial charge in [-0.15, -0.1) is 0 Å². The lowest BCUT2D eigenvalue weighted by molar-refractivity contribution is -0.141. The van der Waals surface area contributed by atoms with Crippen LogP contribution in [-0.2, 0) is 35.4 Å². The maximum Gasteiger partial charge on any atom is 0.242 e. The molecule has 0 aromatic heterocycles. The third-order valence-electron chi connectivity index (χ3n) is 5.97. The Bertz CT molecular complexity index is 1080. The molecule has 1 atom stereocenters. The summed E-state index contributed by atoms with van der Waals surface area (Å²) in [4.78, 5) is 28.2. The number of aryl methyl sites for hydroxylation is 2. The molecule has 3 rings (SSSR count). The van der Waals surface area contributed by atoms with E-state index in [-0.39, 0.29) is 24.8 Å². The smallest absolute Gasteiger partial charge is 0.242 e. The van der Waals surface area contributed by atoms with Crippen LogP contribution in [0.3, 0.4) is 0 Å². The quantitative estimate of drug-likeness (QED) is 0.381. The molecule has 0 aliphatic heterocycles. The van der Waals surface area contributed by atoms with E-state index in [1.54, 1.807) is 30.1 Å². The number of halogens is 2. The number of hydrogen-bond donors (Lipinski definition) is 1. The van der Waals surface area contributed by atoms with E-state index in [1.165, 1.54) is 5.56 Å². The van der Waals surface area contributed by atoms with Crippen LogP contribution in [0, 0.1) is 0 Å². The highest BCUT2D eigenvalue weighted by atomic mass is 35.5. The summed E-state index contributed by atoms with van der Waals surface area (Å²) in [6, 6.07) is 22.5. The molecule has 2 amide bonds. The van der Waals surface area contributed by atoms with Gasteiger partial charge in [-0.25, -0.2) is 0 Å². The van der Waals surface area contributed by atoms with Gasteiger partial charge in [-0.1, -0.05) is 90.8 Å². The van der Waals surface area contributed by atoms with Crippen LogP contribution in [0.25, 0.3) is 0 Å². The maximum absolute atomic E-state index is 13.6. The molecule has 0 fully saturated rings. The Kier molecular flexibility index (Phi) is 9.55. The molecule has 0 saturated carbocycles. The predicted octanol–water partition coefficient (Wildman–Crippen LogP) is 5.87. The number of hydrogen-bond acceptors (Lipinski definition) is 2. The number of carbonyl (C=O) groups is 2. The number of carbonyl (C=O) groups excluding carboxylic acids is 2. The molecular formula is C28H30Cl2N2O2. The van der Waals surface area contributed by atoms with Gasteiger partial charge in [0, 0.05) is 42.0 Å². The molecule has 178 valence electrons. The molecular weight excluding hydrogens is 467 g/mol. The molecule has 0 heterocycles. The highest BCUT2D eigenvalue weighted by Crippen LogP contribution is 2.27. The van der Waals surface area contributed by atoms with E-state index in [1.807, 2.05) is 30.3 Å². The molecule has 1 N–H and O–H groups in total. The Morgan fingerprint density at radius 1 is 0.853 bits per heavy atom. The molecule has 4 nitrogen and oxygen atoms in total. The largest absolute Gasteiger partial charge is 0.357 e. The summed E-state index contributed by atoms with van der Waals surface area (Å²) in [7, 11) is 1.58. The predicted molar refractivity (Wildman–Crippen MR) is 139 cm³/mol. The summed E-state index contributed by atoms with van der Waals surface area (Å²) in [6.45, 7) is 2.26. The average Bonchev–Trinajstić information content (AvgIpc) is 2.86. The molecule has 0 spiro atoms. The molecule has 3 aromatic rings. The summed E-state index contributed by atoms with van der Waals surface area (Å²) in [5.41, 5.74) is 3.94. The Hall–Kier alpha value is -2.82. The van der Waals surface area contributed by atoms with E-state index < -0.39 is 6.04 Å². The van der Waals surface area contributed by atoms with Crippen molar-refractivity contribution in [2.75, 3.05) is 7.05 Å². The number of rotatable bonds is 10. The van der Waals surface area contributed by atoms with Crippen molar-refractivity contribution in [3.8, 4) is 0 Å². The first kappa shape index (κ1) is 25.8. The van der Waals surface area contributed by atoms with Crippen LogP contribution < -0.4 is 5.32 Å². The van der Waals surface area contributed by atoms with Gasteiger partial charge in [-0.05, 0) is 41.7 Å². The third-order valence-corrected chi connectivity index (χ3v) is 6.67. The summed E-state index contributed by atoms with van der Waals surface area (Å²) in [5, 5.41) is 3.66. The minimum atomic E-state index is -0.699. The number of nitrogens with zero attached hydrogens (tertiary/aromatic N) is 1. The second kappa shape index (κ2) is 12.6. The van der Waals surface area contributed by atoms with Gasteiger partial charge >= 0.3 is 0 Å². The standard InChI is InChI=1S/C28H30Cl2N2O2/c1-3-20-12-14-21(15-13-20)16-17-27(33)32(19-23-24(29)10-7-11-25(23)30)26(28(34)31-2)18-22-8-5-4-6-9-22/h4-15,26H,3,16-19H2,1-2H3,(H,31,34). The van der Waals surface area contributed by atoms with E-state index in [4.69, 9.17) is 23.2 Å². The normalized spacial score (nSPS) is 11.6. The zero-order chi connectivity index (χ0) is 24.5. The summed E-state index contributed by atoms with van der Waals surface area (Å²) < 4.78 is 0. The Morgan fingerprint density at radius 3 is 2.06 bits per heavy atom. The fraction of sp³-hybridized carbons (Fsp3) is 0.286. The van der Waals surface area contributed by atoms with E-state index in [0.717, 1.165) is 17.5 Å². The van der Waals surface area contributed by atoms with Gasteiger partial charge in [0.25, 0.3) is 0 Å². The van der Waals surface area contributed by atoms with E-state index in [0.29, 0.717) is 28.5 Å². The van der Waals surface area contributed by atoms with Crippen LogP contribution in [0.5, 0.6) is 0 Å². The number of nitrogens with one attached hydrogen (secondary N) is 1. The topological polar surface area (TPSA) is 49.4 Å². The SMILES string of the molecule is CCc1ccc(CCC(=O)N(Cc2c(Cl)cccc2Cl)C(Cc2ccccc2)C(=O)NC)cc1. The molecule has 6 heteroatoms. The van der Waals surface area contributed by atoms with Crippen molar-refractivity contribution in [2.45, 2.75) is 45.2 Å². The van der Waals surface area contributed by atoms with Gasteiger partial charge in [-0.2, -0.15) is 0 Å². The van der Waals surface area contributed by atoms with E-state index in [9.17, 15) is 9.59 Å². The Labute approximate surface area is 211 Å². The fourth-order valence-corrected chi connectivity index (χ4v) is 4.43. The summed E-state index contributed by atoms with van der Waals surface area (Å²) in [5.74, 6) is -0.354. The summed E-state index contributed by atoms with van der Waals surface area (Å²) in [6.07, 6.45) is 2.22. The van der Waals surface area contributed by atoms with Crippen molar-refractivity contribution in [1.82, 2.24) is 10.2 Å². The molecule has 34 heavy (non-hydrogen) atoms. The molecule has 0 radical (unpaired) electrons. The Balaban J connectivity index is 1.90. The van der Waals surface area contributed by atoms with E-state index >= 15 is 0 Å². The van der Waals surface area contributed by atoms with Crippen molar-refractivity contribution in [1.29, 1.82) is 0 Å². The minimum Gasteiger partial charge on any atom is -0.357 e. The van der Waals surface area contributed by atoms with Gasteiger partial charge in [0.05, 0.1) is 0 Å². The van der Waals surface area contributed by atoms with Crippen LogP contribution in [0.2, 0.25) is 10.0 Å². The zero-order valence-corrected chi connectivity index (χ0v) is 21.1. The van der Waals surface area contributed by atoms with Crippen LogP contribution in [0.4, 0.5) is 0 Å². The highest BCUT2D eigenvalue weighted by Gasteiger charge is 2.30.